The van der Waals surface area contributed by atoms with Crippen LogP contribution in [-0.2, 0) is 14.3 Å². The molecule has 1 N–H and O–H groups in total. The van der Waals surface area contributed by atoms with Crippen LogP contribution < -0.4 is 5.32 Å². The first kappa shape index (κ1) is 15.3. The summed E-state index contributed by atoms with van der Waals surface area (Å²) >= 11 is 0. The topological polar surface area (TPSA) is 58.6 Å². The second kappa shape index (κ2) is 6.57. The number of nitrogens with one attached hydrogen (secondary N) is 1. The first-order valence-corrected chi connectivity index (χ1v) is 7.65. The Morgan fingerprint density at radius 3 is 2.45 bits per heavy atom. The molecule has 1 aliphatic carbocycles. The maximum Gasteiger partial charge on any atom is 0.225 e. The van der Waals surface area contributed by atoms with E-state index in [1.165, 1.54) is 0 Å². The zero-order valence-electron chi connectivity index (χ0n) is 12.7. The summed E-state index contributed by atoms with van der Waals surface area (Å²) in [4.78, 5) is 25.2. The number of amides is 2. The van der Waals surface area contributed by atoms with E-state index in [9.17, 15) is 9.59 Å². The zero-order valence-corrected chi connectivity index (χ0v) is 12.7. The van der Waals surface area contributed by atoms with Crippen molar-refractivity contribution in [1.29, 1.82) is 0 Å². The van der Waals surface area contributed by atoms with Crippen molar-refractivity contribution in [2.45, 2.75) is 64.2 Å². The summed E-state index contributed by atoms with van der Waals surface area (Å²) in [7, 11) is 1.75. The van der Waals surface area contributed by atoms with Gasteiger partial charge in [0.05, 0.1) is 18.1 Å². The van der Waals surface area contributed by atoms with Crippen LogP contribution in [0.25, 0.3) is 0 Å². The Balaban J connectivity index is 1.73. The standard InChI is InChI=1S/C15H26N2O3/c1-10(2)20-13-6-4-12(5-7-13)16-15(19)11-8-14(18)17(3)9-11/h10-13H,4-9H2,1-3H3,(H,16,19)/t11-,12?,13?/m0/s1. The van der Waals surface area contributed by atoms with Crippen molar-refractivity contribution in [3.05, 3.63) is 0 Å². The van der Waals surface area contributed by atoms with Crippen molar-refractivity contribution in [2.24, 2.45) is 5.92 Å². The summed E-state index contributed by atoms with van der Waals surface area (Å²) in [5.74, 6) is -0.0627. The molecular formula is C15H26N2O3. The molecule has 0 radical (unpaired) electrons. The Bertz CT molecular complexity index is 362. The minimum absolute atomic E-state index is 0.0379. The quantitative estimate of drug-likeness (QED) is 0.846. The summed E-state index contributed by atoms with van der Waals surface area (Å²) < 4.78 is 5.81. The van der Waals surface area contributed by atoms with E-state index in [0.717, 1.165) is 25.7 Å². The number of hydrogen-bond donors (Lipinski definition) is 1. The average Bonchev–Trinajstić information content (AvgIpc) is 2.71. The lowest BCUT2D eigenvalue weighted by molar-refractivity contribution is -0.128. The number of nitrogens with zero attached hydrogens (tertiary/aromatic N) is 1. The Labute approximate surface area is 121 Å². The third-order valence-electron chi connectivity index (χ3n) is 4.20. The summed E-state index contributed by atoms with van der Waals surface area (Å²) in [5.41, 5.74) is 0. The van der Waals surface area contributed by atoms with Gasteiger partial charge in [0.25, 0.3) is 0 Å². The molecule has 5 heteroatoms. The first-order chi connectivity index (χ1) is 9.45. The summed E-state index contributed by atoms with van der Waals surface area (Å²) in [5, 5.41) is 3.10. The van der Waals surface area contributed by atoms with Gasteiger partial charge in [-0.25, -0.2) is 0 Å². The maximum absolute atomic E-state index is 12.1. The monoisotopic (exact) mass is 282 g/mol. The van der Waals surface area contributed by atoms with Crippen LogP contribution in [0.1, 0.15) is 46.0 Å². The van der Waals surface area contributed by atoms with Crippen LogP contribution in [0.3, 0.4) is 0 Å². The minimum atomic E-state index is -0.169. The van der Waals surface area contributed by atoms with Gasteiger partial charge in [-0.2, -0.15) is 0 Å². The van der Waals surface area contributed by atoms with Gasteiger partial charge < -0.3 is 15.0 Å². The van der Waals surface area contributed by atoms with Gasteiger partial charge in [-0.05, 0) is 39.5 Å². The van der Waals surface area contributed by atoms with E-state index < -0.39 is 0 Å². The van der Waals surface area contributed by atoms with E-state index in [1.54, 1.807) is 11.9 Å². The molecule has 20 heavy (non-hydrogen) atoms. The van der Waals surface area contributed by atoms with Crippen molar-refractivity contribution >= 4 is 11.8 Å². The number of ether oxygens (including phenoxy) is 1. The van der Waals surface area contributed by atoms with Gasteiger partial charge in [-0.15, -0.1) is 0 Å². The van der Waals surface area contributed by atoms with Crippen LogP contribution in [-0.4, -0.2) is 48.6 Å². The SMILES string of the molecule is CC(C)OC1CCC(NC(=O)[C@H]2CC(=O)N(C)C2)CC1. The van der Waals surface area contributed by atoms with Crippen LogP contribution in [0.4, 0.5) is 0 Å². The van der Waals surface area contributed by atoms with Crippen LogP contribution in [0.2, 0.25) is 0 Å². The van der Waals surface area contributed by atoms with E-state index in [2.05, 4.69) is 19.2 Å². The molecule has 0 aromatic heterocycles. The number of carbonyl (C=O) groups is 2. The lowest BCUT2D eigenvalue weighted by Gasteiger charge is -2.30. The third kappa shape index (κ3) is 3.95. The molecule has 2 fully saturated rings. The van der Waals surface area contributed by atoms with Gasteiger partial charge in [-0.3, -0.25) is 9.59 Å². The Kier molecular flexibility index (Phi) is 5.02. The number of hydrogen-bond acceptors (Lipinski definition) is 3. The van der Waals surface area contributed by atoms with Crippen molar-refractivity contribution in [2.75, 3.05) is 13.6 Å². The molecule has 1 saturated carbocycles. The van der Waals surface area contributed by atoms with E-state index in [-0.39, 0.29) is 29.9 Å². The third-order valence-corrected chi connectivity index (χ3v) is 4.20. The lowest BCUT2D eigenvalue weighted by Crippen LogP contribution is -2.42. The number of rotatable bonds is 4. The second-order valence-electron chi connectivity index (χ2n) is 6.34. The van der Waals surface area contributed by atoms with E-state index >= 15 is 0 Å². The van der Waals surface area contributed by atoms with Crippen LogP contribution >= 0.6 is 0 Å². The van der Waals surface area contributed by atoms with Crippen LogP contribution in [0, 0.1) is 5.92 Å². The highest BCUT2D eigenvalue weighted by Gasteiger charge is 2.33. The average molecular weight is 282 g/mol. The molecule has 2 aliphatic rings. The van der Waals surface area contributed by atoms with E-state index in [4.69, 9.17) is 4.74 Å². The fourth-order valence-electron chi connectivity index (χ4n) is 3.09. The van der Waals surface area contributed by atoms with Crippen LogP contribution in [0.15, 0.2) is 0 Å². The van der Waals surface area contributed by atoms with Crippen molar-refractivity contribution in [1.82, 2.24) is 10.2 Å². The summed E-state index contributed by atoms with van der Waals surface area (Å²) in [6, 6.07) is 0.246. The fourth-order valence-corrected chi connectivity index (χ4v) is 3.09. The highest BCUT2D eigenvalue weighted by Crippen LogP contribution is 2.23. The molecule has 0 aromatic rings. The molecule has 2 rings (SSSR count). The molecule has 1 aliphatic heterocycles. The predicted molar refractivity (Wildman–Crippen MR) is 76.2 cm³/mol. The molecule has 1 heterocycles. The van der Waals surface area contributed by atoms with Gasteiger partial charge in [0, 0.05) is 26.1 Å². The molecule has 0 aromatic carbocycles. The molecule has 2 amide bonds. The molecule has 0 bridgehead atoms. The summed E-state index contributed by atoms with van der Waals surface area (Å²) in [6.45, 7) is 4.67. The Hall–Kier alpha value is -1.10. The Morgan fingerprint density at radius 2 is 1.95 bits per heavy atom. The van der Waals surface area contributed by atoms with Gasteiger partial charge in [0.2, 0.25) is 11.8 Å². The minimum Gasteiger partial charge on any atom is -0.376 e. The molecule has 0 spiro atoms. The molecule has 114 valence electrons. The highest BCUT2D eigenvalue weighted by atomic mass is 16.5. The second-order valence-corrected chi connectivity index (χ2v) is 6.34. The number of likely N-dealkylation sites (tertiary alicyclic amines) is 1. The molecular weight excluding hydrogens is 256 g/mol. The molecule has 5 nitrogen and oxygen atoms in total. The van der Waals surface area contributed by atoms with E-state index in [0.29, 0.717) is 19.1 Å². The van der Waals surface area contributed by atoms with Crippen LogP contribution in [0.5, 0.6) is 0 Å². The summed E-state index contributed by atoms with van der Waals surface area (Å²) in [6.07, 6.45) is 4.92. The molecule has 0 unspecified atom stereocenters. The first-order valence-electron chi connectivity index (χ1n) is 7.65. The Morgan fingerprint density at radius 1 is 1.30 bits per heavy atom. The van der Waals surface area contributed by atoms with Gasteiger partial charge in [0.1, 0.15) is 0 Å². The normalized spacial score (nSPS) is 30.9. The fraction of sp³-hybridized carbons (Fsp3) is 0.867. The van der Waals surface area contributed by atoms with Gasteiger partial charge in [-0.1, -0.05) is 0 Å². The lowest BCUT2D eigenvalue weighted by atomic mass is 9.92. The van der Waals surface area contributed by atoms with E-state index in [1.807, 2.05) is 0 Å². The molecule has 1 atom stereocenters. The molecule has 1 saturated heterocycles. The van der Waals surface area contributed by atoms with Crippen molar-refractivity contribution in [3.63, 3.8) is 0 Å². The van der Waals surface area contributed by atoms with Crippen molar-refractivity contribution < 1.29 is 14.3 Å². The zero-order chi connectivity index (χ0) is 14.7. The van der Waals surface area contributed by atoms with Gasteiger partial charge >= 0.3 is 0 Å². The maximum atomic E-state index is 12.1. The van der Waals surface area contributed by atoms with Gasteiger partial charge in [0.15, 0.2) is 0 Å². The predicted octanol–water partition coefficient (Wildman–Crippen LogP) is 1.32. The smallest absolute Gasteiger partial charge is 0.225 e. The highest BCUT2D eigenvalue weighted by molar-refractivity contribution is 5.89. The van der Waals surface area contributed by atoms with Crippen molar-refractivity contribution in [3.8, 4) is 0 Å². The largest absolute Gasteiger partial charge is 0.376 e. The number of carbonyl (C=O) groups excluding carboxylic acids is 2.